The van der Waals surface area contributed by atoms with Crippen molar-refractivity contribution in [2.75, 3.05) is 13.7 Å². The summed E-state index contributed by atoms with van der Waals surface area (Å²) in [5, 5.41) is 9.71. The highest BCUT2D eigenvalue weighted by atomic mass is 16.5. The maximum absolute atomic E-state index is 11.3. The van der Waals surface area contributed by atoms with E-state index in [4.69, 9.17) is 4.74 Å². The zero-order valence-electron chi connectivity index (χ0n) is 8.40. The van der Waals surface area contributed by atoms with Gasteiger partial charge in [-0.3, -0.25) is 0 Å². The predicted molar refractivity (Wildman–Crippen MR) is 52.9 cm³/mol. The highest BCUT2D eigenvalue weighted by Crippen LogP contribution is 2.32. The average Bonchev–Trinajstić information content (AvgIpc) is 2.28. The van der Waals surface area contributed by atoms with Crippen molar-refractivity contribution in [2.45, 2.75) is 12.5 Å². The summed E-state index contributed by atoms with van der Waals surface area (Å²) in [7, 11) is 1.33. The van der Waals surface area contributed by atoms with Crippen LogP contribution in [0.3, 0.4) is 0 Å². The molecule has 4 heteroatoms. The number of aliphatic hydroxyl groups is 1. The highest BCUT2D eigenvalue weighted by molar-refractivity contribution is 5.89. The summed E-state index contributed by atoms with van der Waals surface area (Å²) in [6.45, 7) is 0.506. The van der Waals surface area contributed by atoms with Crippen LogP contribution in [0.2, 0.25) is 0 Å². The molecule has 0 spiro atoms. The second-order valence-electron chi connectivity index (χ2n) is 3.40. The molecule has 80 valence electrons. The molecule has 0 radical (unpaired) electrons. The molecule has 4 nitrogen and oxygen atoms in total. The maximum atomic E-state index is 11.3. The number of methoxy groups -OCH3 is 1. The molecule has 0 saturated heterocycles. The van der Waals surface area contributed by atoms with E-state index >= 15 is 0 Å². The molecule has 1 N–H and O–H groups in total. The fraction of sp³-hybridized carbons (Fsp3) is 0.364. The van der Waals surface area contributed by atoms with E-state index in [0.29, 0.717) is 29.9 Å². The Hall–Kier alpha value is -1.55. The fourth-order valence-corrected chi connectivity index (χ4v) is 1.62. The van der Waals surface area contributed by atoms with Crippen LogP contribution in [0.1, 0.15) is 28.4 Å². The molecule has 0 aliphatic carbocycles. The predicted octanol–water partition coefficient (Wildman–Crippen LogP) is 1.29. The molecule has 1 aliphatic heterocycles. The van der Waals surface area contributed by atoms with Crippen molar-refractivity contribution in [3.63, 3.8) is 0 Å². The van der Waals surface area contributed by atoms with Crippen LogP contribution in [0.5, 0.6) is 5.75 Å². The first kappa shape index (κ1) is 9.98. The minimum absolute atomic E-state index is 0.407. The number of fused-ring (bicyclic) bond motifs is 1. The molecule has 15 heavy (non-hydrogen) atoms. The molecule has 0 fully saturated rings. The van der Waals surface area contributed by atoms with Crippen LogP contribution < -0.4 is 4.74 Å². The number of hydrogen-bond acceptors (Lipinski definition) is 4. The molecule has 0 amide bonds. The molecule has 1 aromatic carbocycles. The summed E-state index contributed by atoms with van der Waals surface area (Å²) >= 11 is 0. The van der Waals surface area contributed by atoms with Crippen LogP contribution in [-0.2, 0) is 4.74 Å². The van der Waals surface area contributed by atoms with Gasteiger partial charge in [-0.1, -0.05) is 0 Å². The van der Waals surface area contributed by atoms with E-state index in [1.807, 2.05) is 0 Å². The van der Waals surface area contributed by atoms with Gasteiger partial charge >= 0.3 is 5.97 Å². The van der Waals surface area contributed by atoms with Crippen LogP contribution in [0.15, 0.2) is 18.2 Å². The van der Waals surface area contributed by atoms with Gasteiger partial charge in [0, 0.05) is 12.0 Å². The van der Waals surface area contributed by atoms with Gasteiger partial charge in [0.05, 0.1) is 25.4 Å². The van der Waals surface area contributed by atoms with E-state index in [1.165, 1.54) is 7.11 Å². The zero-order chi connectivity index (χ0) is 10.8. The third kappa shape index (κ3) is 1.80. The quantitative estimate of drug-likeness (QED) is 0.706. The number of ether oxygens (including phenoxy) is 2. The van der Waals surface area contributed by atoms with Crippen molar-refractivity contribution in [2.24, 2.45) is 0 Å². The number of rotatable bonds is 1. The lowest BCUT2D eigenvalue weighted by molar-refractivity contribution is 0.0599. The minimum Gasteiger partial charge on any atom is -0.493 e. The van der Waals surface area contributed by atoms with Crippen molar-refractivity contribution < 1.29 is 19.4 Å². The molecule has 1 unspecified atom stereocenters. The van der Waals surface area contributed by atoms with Crippen LogP contribution in [-0.4, -0.2) is 24.8 Å². The largest absolute Gasteiger partial charge is 0.493 e. The van der Waals surface area contributed by atoms with Gasteiger partial charge in [0.25, 0.3) is 0 Å². The van der Waals surface area contributed by atoms with Gasteiger partial charge in [0.1, 0.15) is 5.75 Å². The summed E-state index contributed by atoms with van der Waals surface area (Å²) in [5.74, 6) is 0.233. The second-order valence-corrected chi connectivity index (χ2v) is 3.40. The Labute approximate surface area is 87.4 Å². The van der Waals surface area contributed by atoms with Gasteiger partial charge in [0.2, 0.25) is 0 Å². The standard InChI is InChI=1S/C11H12O4/c1-14-11(13)7-2-3-10-8(6-7)9(12)4-5-15-10/h2-3,6,9,12H,4-5H2,1H3. The topological polar surface area (TPSA) is 55.8 Å². The number of carbonyl (C=O) groups is 1. The van der Waals surface area contributed by atoms with Gasteiger partial charge in [-0.2, -0.15) is 0 Å². The van der Waals surface area contributed by atoms with Gasteiger partial charge in [0.15, 0.2) is 0 Å². The zero-order valence-corrected chi connectivity index (χ0v) is 8.40. The van der Waals surface area contributed by atoms with E-state index in [2.05, 4.69) is 4.74 Å². The summed E-state index contributed by atoms with van der Waals surface area (Å²) in [5.41, 5.74) is 1.09. The first-order chi connectivity index (χ1) is 7.22. The third-order valence-electron chi connectivity index (χ3n) is 2.44. The van der Waals surface area contributed by atoms with E-state index in [-0.39, 0.29) is 0 Å². The second kappa shape index (κ2) is 3.90. The van der Waals surface area contributed by atoms with Crippen molar-refractivity contribution in [3.05, 3.63) is 29.3 Å². The lowest BCUT2D eigenvalue weighted by atomic mass is 10.0. The van der Waals surface area contributed by atoms with Crippen LogP contribution in [0.4, 0.5) is 0 Å². The summed E-state index contributed by atoms with van der Waals surface area (Å²) < 4.78 is 9.95. The molecule has 1 aliphatic rings. The van der Waals surface area contributed by atoms with E-state index in [9.17, 15) is 9.90 Å². The molecule has 0 bridgehead atoms. The summed E-state index contributed by atoms with van der Waals surface area (Å²) in [6, 6.07) is 4.93. The molecule has 2 rings (SSSR count). The van der Waals surface area contributed by atoms with Crippen LogP contribution >= 0.6 is 0 Å². The fourth-order valence-electron chi connectivity index (χ4n) is 1.62. The first-order valence-corrected chi connectivity index (χ1v) is 4.75. The van der Waals surface area contributed by atoms with Crippen LogP contribution in [0, 0.1) is 0 Å². The Balaban J connectivity index is 2.39. The van der Waals surface area contributed by atoms with Crippen molar-refractivity contribution in [3.8, 4) is 5.75 Å². The molecular formula is C11H12O4. The number of carbonyl (C=O) groups excluding carboxylic acids is 1. The Bertz CT molecular complexity index is 386. The average molecular weight is 208 g/mol. The Morgan fingerprint density at radius 1 is 1.60 bits per heavy atom. The Kier molecular flexibility index (Phi) is 2.60. The lowest BCUT2D eigenvalue weighted by Gasteiger charge is -2.22. The summed E-state index contributed by atoms with van der Waals surface area (Å²) in [4.78, 5) is 11.3. The molecule has 0 saturated carbocycles. The number of benzene rings is 1. The van der Waals surface area contributed by atoms with Crippen LogP contribution in [0.25, 0.3) is 0 Å². The summed E-state index contributed by atoms with van der Waals surface area (Å²) in [6.07, 6.45) is -0.00388. The Morgan fingerprint density at radius 2 is 2.40 bits per heavy atom. The minimum atomic E-state index is -0.557. The Morgan fingerprint density at radius 3 is 3.13 bits per heavy atom. The first-order valence-electron chi connectivity index (χ1n) is 4.75. The van der Waals surface area contributed by atoms with E-state index < -0.39 is 12.1 Å². The number of aliphatic hydroxyl groups excluding tert-OH is 1. The normalized spacial score (nSPS) is 18.9. The third-order valence-corrected chi connectivity index (χ3v) is 2.44. The SMILES string of the molecule is COC(=O)c1ccc2c(c1)C(O)CCO2. The molecule has 1 heterocycles. The molecular weight excluding hydrogens is 196 g/mol. The van der Waals surface area contributed by atoms with Gasteiger partial charge in [-0.15, -0.1) is 0 Å². The van der Waals surface area contributed by atoms with E-state index in [0.717, 1.165) is 0 Å². The smallest absolute Gasteiger partial charge is 0.337 e. The maximum Gasteiger partial charge on any atom is 0.337 e. The molecule has 1 aromatic rings. The van der Waals surface area contributed by atoms with Gasteiger partial charge in [-0.25, -0.2) is 4.79 Å². The lowest BCUT2D eigenvalue weighted by Crippen LogP contribution is -2.14. The highest BCUT2D eigenvalue weighted by Gasteiger charge is 2.20. The van der Waals surface area contributed by atoms with Crippen molar-refractivity contribution in [1.82, 2.24) is 0 Å². The van der Waals surface area contributed by atoms with Crippen molar-refractivity contribution >= 4 is 5.97 Å². The van der Waals surface area contributed by atoms with E-state index in [1.54, 1.807) is 18.2 Å². The number of esters is 1. The molecule has 1 atom stereocenters. The molecule has 0 aromatic heterocycles. The van der Waals surface area contributed by atoms with Gasteiger partial charge < -0.3 is 14.6 Å². The van der Waals surface area contributed by atoms with Gasteiger partial charge in [-0.05, 0) is 18.2 Å². The monoisotopic (exact) mass is 208 g/mol. The van der Waals surface area contributed by atoms with Crippen molar-refractivity contribution in [1.29, 1.82) is 0 Å². The number of hydrogen-bond donors (Lipinski definition) is 1.